The van der Waals surface area contributed by atoms with Crippen LogP contribution in [0.2, 0.25) is 0 Å². The molecule has 17 aromatic rings. The topological polar surface area (TPSA) is 140 Å². The molecule has 2 fully saturated rings. The van der Waals surface area contributed by atoms with E-state index in [1.54, 1.807) is 6.20 Å². The Kier molecular flexibility index (Phi) is 21.5. The number of aromatic nitrogens is 8. The number of halogens is 1. The summed E-state index contributed by atoms with van der Waals surface area (Å²) in [6.07, 6.45) is 3.59. The van der Waals surface area contributed by atoms with Crippen LogP contribution < -0.4 is 10.9 Å². The van der Waals surface area contributed by atoms with Gasteiger partial charge in [0, 0.05) is 51.3 Å². The van der Waals surface area contributed by atoms with Crippen molar-refractivity contribution in [3.05, 3.63) is 363 Å². The van der Waals surface area contributed by atoms with E-state index in [2.05, 4.69) is 270 Å². The summed E-state index contributed by atoms with van der Waals surface area (Å²) < 4.78 is 27.3. The van der Waals surface area contributed by atoms with Crippen molar-refractivity contribution < 1.29 is 18.6 Å². The quantitative estimate of drug-likeness (QED) is 0.0756. The van der Waals surface area contributed by atoms with Crippen LogP contribution in [-0.4, -0.2) is 76.5 Å². The minimum atomic E-state index is -0.556. The van der Waals surface area contributed by atoms with Crippen molar-refractivity contribution in [2.24, 2.45) is 0 Å². The molecule has 0 aliphatic carbocycles. The van der Waals surface area contributed by atoms with Crippen molar-refractivity contribution in [2.75, 3.05) is 0 Å². The predicted octanol–water partition coefficient (Wildman–Crippen LogP) is 23.9. The fraction of sp³-hybridized carbons (Fsp3) is 0.118. The summed E-state index contributed by atoms with van der Waals surface area (Å²) in [7, 11) is -1.11. The van der Waals surface area contributed by atoms with Crippen molar-refractivity contribution in [2.45, 2.75) is 77.8 Å². The van der Waals surface area contributed by atoms with Gasteiger partial charge in [0.15, 0.2) is 34.9 Å². The maximum absolute atomic E-state index is 6.60. The third-order valence-corrected chi connectivity index (χ3v) is 22.9. The molecule has 0 N–H and O–H groups in total. The molecule has 0 radical (unpaired) electrons. The lowest BCUT2D eigenvalue weighted by Gasteiger charge is -2.32. The first-order valence-electron chi connectivity index (χ1n) is 39.4. The van der Waals surface area contributed by atoms with E-state index in [-0.39, 0.29) is 0 Å². The molecule has 117 heavy (non-hydrogen) atoms. The first kappa shape index (κ1) is 76.8. The Morgan fingerprint density at radius 1 is 0.222 bits per heavy atom. The highest BCUT2D eigenvalue weighted by Gasteiger charge is 2.54. The maximum atomic E-state index is 6.60. The molecule has 0 spiro atoms. The molecule has 0 saturated carbocycles. The van der Waals surface area contributed by atoms with Crippen LogP contribution in [0.1, 0.15) is 55.4 Å². The number of rotatable bonds is 14. The van der Waals surface area contributed by atoms with Gasteiger partial charge >= 0.3 is 14.2 Å². The second-order valence-electron chi connectivity index (χ2n) is 31.2. The lowest BCUT2D eigenvalue weighted by Crippen LogP contribution is -2.41. The van der Waals surface area contributed by atoms with Crippen LogP contribution in [-0.2, 0) is 18.6 Å². The second kappa shape index (κ2) is 32.8. The van der Waals surface area contributed by atoms with Crippen LogP contribution in [0.25, 0.3) is 157 Å². The average molecular weight is 1590 g/mol. The van der Waals surface area contributed by atoms with Crippen molar-refractivity contribution in [3.8, 4) is 135 Å². The Balaban J connectivity index is 0.000000156. The van der Waals surface area contributed by atoms with Gasteiger partial charge in [0.1, 0.15) is 4.60 Å². The van der Waals surface area contributed by atoms with Crippen molar-refractivity contribution >= 4 is 62.6 Å². The largest absolute Gasteiger partial charge is 0.494 e. The monoisotopic (exact) mass is 1580 g/mol. The molecule has 15 heteroatoms. The molecular formula is C102H83B2BrN8O4. The lowest BCUT2D eigenvalue weighted by atomic mass is 9.70. The fourth-order valence-corrected chi connectivity index (χ4v) is 15.1. The van der Waals surface area contributed by atoms with Crippen LogP contribution >= 0.6 is 15.9 Å². The van der Waals surface area contributed by atoms with Crippen LogP contribution in [0.5, 0.6) is 0 Å². The van der Waals surface area contributed by atoms with Crippen LogP contribution in [0, 0.1) is 0 Å². The van der Waals surface area contributed by atoms with Gasteiger partial charge in [-0.2, -0.15) is 0 Å². The minimum absolute atomic E-state index is 0.491. The van der Waals surface area contributed by atoms with E-state index in [0.717, 1.165) is 115 Å². The predicted molar refractivity (Wildman–Crippen MR) is 481 cm³/mol. The molecule has 6 heterocycles. The van der Waals surface area contributed by atoms with E-state index in [1.165, 1.54) is 21.9 Å². The standard InChI is InChI=1S/C49H47B2N3O4.C48H32N4.C5H4BrN/c1-46(2)47(3,4)56-50(55-46)37-29-36(30-38(31-37)51-57-48(5,6)49(7,8)58-51)40-27-26-39(41-24-15-16-25-42(40)41)34-22-17-23-35(28-34)45-53-43(32-18-11-9-12-19-32)52-44(54-45)33-20-13-10-14-21-33;1-4-15-33(16-5-1)38-30-39(32-40(31-38)45-25-12-13-28-49-45)42-27-26-41(43-23-10-11-24-44(42)43)36-21-14-22-37(29-36)48-51-46(34-17-6-2-7-18-34)50-47(52-48)35-19-8-3-9-20-35;6-5-3-1-2-4-7-5/h9-31H,1-8H3;1-32H;1-4H. The Morgan fingerprint density at radius 3 is 0.829 bits per heavy atom. The number of pyridine rings is 2. The Bertz CT molecular complexity index is 6170. The van der Waals surface area contributed by atoms with Crippen molar-refractivity contribution in [3.63, 3.8) is 0 Å². The summed E-state index contributed by atoms with van der Waals surface area (Å²) in [6.45, 7) is 16.7. The number of benzene rings is 13. The first-order chi connectivity index (χ1) is 56.8. The molecule has 12 nitrogen and oxygen atoms in total. The van der Waals surface area contributed by atoms with Gasteiger partial charge in [-0.15, -0.1) is 0 Å². The molecule has 2 aliphatic rings. The first-order valence-corrected chi connectivity index (χ1v) is 40.2. The zero-order valence-corrected chi connectivity index (χ0v) is 67.9. The molecule has 13 aromatic carbocycles. The van der Waals surface area contributed by atoms with E-state index in [4.69, 9.17) is 53.5 Å². The maximum Gasteiger partial charge on any atom is 0.494 e. The van der Waals surface area contributed by atoms with E-state index in [1.807, 2.05) is 158 Å². The highest BCUT2D eigenvalue weighted by Crippen LogP contribution is 2.44. The molecule has 0 amide bonds. The third kappa shape index (κ3) is 16.5. The summed E-state index contributed by atoms with van der Waals surface area (Å²) >= 11 is 3.20. The zero-order valence-electron chi connectivity index (χ0n) is 66.3. The van der Waals surface area contributed by atoms with E-state index < -0.39 is 36.6 Å². The van der Waals surface area contributed by atoms with Gasteiger partial charge in [-0.1, -0.05) is 291 Å². The molecule has 2 saturated heterocycles. The van der Waals surface area contributed by atoms with Gasteiger partial charge in [-0.3, -0.25) is 4.98 Å². The highest BCUT2D eigenvalue weighted by molar-refractivity contribution is 9.10. The van der Waals surface area contributed by atoms with Gasteiger partial charge in [-0.05, 0) is 214 Å². The Labute approximate surface area is 692 Å². The molecule has 0 unspecified atom stereocenters. The SMILES string of the molecule is Brc1ccccn1.CC1(C)OB(c2cc(B3OC(C)(C)C(C)(C)O3)cc(-c3ccc(-c4cccc(-c5nc(-c6ccccc6)nc(-c6ccccc6)n5)c4)c4ccccc34)c2)OC1(C)C.c1ccc(-c2cc(-c3ccccn3)cc(-c3ccc(-c4cccc(-c5nc(-c6ccccc6)nc(-c6ccccc6)n5)c4)c4ccccc34)c2)cc1. The fourth-order valence-electron chi connectivity index (χ4n) is 14.8. The van der Waals surface area contributed by atoms with Crippen molar-refractivity contribution in [1.29, 1.82) is 0 Å². The average Bonchev–Trinajstić information content (AvgIpc) is 1.71. The molecular weight excluding hydrogens is 1500 g/mol. The van der Waals surface area contributed by atoms with Crippen LogP contribution in [0.15, 0.2) is 363 Å². The van der Waals surface area contributed by atoms with Gasteiger partial charge in [0.05, 0.1) is 28.1 Å². The molecule has 568 valence electrons. The van der Waals surface area contributed by atoms with E-state index in [0.29, 0.717) is 34.9 Å². The van der Waals surface area contributed by atoms with Gasteiger partial charge < -0.3 is 18.6 Å². The van der Waals surface area contributed by atoms with Gasteiger partial charge in [-0.25, -0.2) is 34.9 Å². The van der Waals surface area contributed by atoms with Crippen molar-refractivity contribution in [1.82, 2.24) is 39.9 Å². The Morgan fingerprint density at radius 2 is 0.496 bits per heavy atom. The molecule has 19 rings (SSSR count). The van der Waals surface area contributed by atoms with E-state index in [9.17, 15) is 0 Å². The summed E-state index contributed by atoms with van der Waals surface area (Å²) in [5, 5.41) is 4.60. The summed E-state index contributed by atoms with van der Waals surface area (Å²) in [5.41, 5.74) is 18.7. The molecule has 4 aromatic heterocycles. The summed E-state index contributed by atoms with van der Waals surface area (Å²) in [5.74, 6) is 3.81. The highest BCUT2D eigenvalue weighted by atomic mass is 79.9. The summed E-state index contributed by atoms with van der Waals surface area (Å²) in [4.78, 5) is 38.4. The summed E-state index contributed by atoms with van der Waals surface area (Å²) in [6, 6.07) is 119. The molecule has 2 aliphatic heterocycles. The lowest BCUT2D eigenvalue weighted by molar-refractivity contribution is 0.00578. The van der Waals surface area contributed by atoms with Gasteiger partial charge in [0.25, 0.3) is 0 Å². The van der Waals surface area contributed by atoms with Crippen LogP contribution in [0.4, 0.5) is 0 Å². The minimum Gasteiger partial charge on any atom is -0.399 e. The number of hydrogen-bond acceptors (Lipinski definition) is 12. The number of nitrogens with zero attached hydrogens (tertiary/aromatic N) is 8. The number of hydrogen-bond donors (Lipinski definition) is 0. The second-order valence-corrected chi connectivity index (χ2v) is 32.1. The van der Waals surface area contributed by atoms with Gasteiger partial charge in [0.2, 0.25) is 0 Å². The molecule has 0 atom stereocenters. The zero-order chi connectivity index (χ0) is 80.3. The normalized spacial score (nSPS) is 14.3. The Hall–Kier alpha value is -12.9. The molecule has 0 bridgehead atoms. The van der Waals surface area contributed by atoms with Crippen LogP contribution in [0.3, 0.4) is 0 Å². The third-order valence-electron chi connectivity index (χ3n) is 22.4. The van der Waals surface area contributed by atoms with E-state index >= 15 is 0 Å². The number of fused-ring (bicyclic) bond motifs is 2. The smallest absolute Gasteiger partial charge is 0.399 e.